The molecular formula is C16H22N2O4. The van der Waals surface area contributed by atoms with Gasteiger partial charge in [0.05, 0.1) is 12.1 Å². The molecule has 4 atom stereocenters. The van der Waals surface area contributed by atoms with Gasteiger partial charge >= 0.3 is 0 Å². The third-order valence-electron chi connectivity index (χ3n) is 5.17. The average molecular weight is 306 g/mol. The van der Waals surface area contributed by atoms with E-state index in [2.05, 4.69) is 0 Å². The highest BCUT2D eigenvalue weighted by Gasteiger charge is 2.49. The van der Waals surface area contributed by atoms with Crippen LogP contribution in [-0.4, -0.2) is 45.5 Å². The first-order valence-electron chi connectivity index (χ1n) is 8.13. The van der Waals surface area contributed by atoms with Gasteiger partial charge in [0.15, 0.2) is 0 Å². The Morgan fingerprint density at radius 2 is 1.09 bits per heavy atom. The van der Waals surface area contributed by atoms with Crippen LogP contribution in [0.1, 0.15) is 52.4 Å². The number of rotatable bonds is 2. The van der Waals surface area contributed by atoms with Crippen molar-refractivity contribution >= 4 is 23.6 Å². The molecule has 0 spiro atoms. The van der Waals surface area contributed by atoms with Gasteiger partial charge in [0.2, 0.25) is 23.6 Å². The maximum atomic E-state index is 12.3. The highest BCUT2D eigenvalue weighted by atomic mass is 16.2. The van der Waals surface area contributed by atoms with Crippen LogP contribution in [-0.2, 0) is 19.2 Å². The summed E-state index contributed by atoms with van der Waals surface area (Å²) in [5, 5.41) is 0. The minimum Gasteiger partial charge on any atom is -0.277 e. The highest BCUT2D eigenvalue weighted by Crippen LogP contribution is 2.35. The molecule has 3 fully saturated rings. The molecule has 120 valence electrons. The monoisotopic (exact) mass is 306 g/mol. The summed E-state index contributed by atoms with van der Waals surface area (Å²) in [5.74, 6) is -1.23. The molecule has 4 amide bonds. The first kappa shape index (κ1) is 15.2. The van der Waals surface area contributed by atoms with Crippen LogP contribution in [0.3, 0.4) is 0 Å². The van der Waals surface area contributed by atoms with Crippen LogP contribution in [0, 0.1) is 11.8 Å². The summed E-state index contributed by atoms with van der Waals surface area (Å²) in [6.45, 7) is 3.51. The summed E-state index contributed by atoms with van der Waals surface area (Å²) in [7, 11) is 0. The molecule has 0 aromatic heterocycles. The number of carbonyl (C=O) groups excluding carboxylic acids is 4. The van der Waals surface area contributed by atoms with Crippen LogP contribution < -0.4 is 0 Å². The predicted molar refractivity (Wildman–Crippen MR) is 77.3 cm³/mol. The zero-order valence-electron chi connectivity index (χ0n) is 13.1. The van der Waals surface area contributed by atoms with Crippen molar-refractivity contribution in [3.8, 4) is 0 Å². The Balaban J connectivity index is 1.89. The van der Waals surface area contributed by atoms with E-state index < -0.39 is 0 Å². The Bertz CT molecular complexity index is 496. The molecule has 0 aromatic carbocycles. The molecule has 3 rings (SSSR count). The summed E-state index contributed by atoms with van der Waals surface area (Å²) in [6.07, 6.45) is 3.66. The van der Waals surface area contributed by atoms with E-state index in [1.807, 2.05) is 0 Å². The van der Waals surface area contributed by atoms with E-state index in [0.29, 0.717) is 12.8 Å². The van der Waals surface area contributed by atoms with Gasteiger partial charge in [0, 0.05) is 24.7 Å². The van der Waals surface area contributed by atoms with E-state index in [1.165, 1.54) is 9.80 Å². The number of nitrogens with zero attached hydrogens (tertiary/aromatic N) is 2. The zero-order chi connectivity index (χ0) is 16.0. The second-order valence-electron chi connectivity index (χ2n) is 6.83. The summed E-state index contributed by atoms with van der Waals surface area (Å²) in [4.78, 5) is 51.7. The molecule has 0 N–H and O–H groups in total. The Morgan fingerprint density at radius 3 is 1.36 bits per heavy atom. The van der Waals surface area contributed by atoms with Crippen molar-refractivity contribution in [2.45, 2.75) is 64.5 Å². The lowest BCUT2D eigenvalue weighted by Gasteiger charge is -2.40. The van der Waals surface area contributed by atoms with Crippen molar-refractivity contribution in [2.24, 2.45) is 11.8 Å². The number of hydrogen-bond acceptors (Lipinski definition) is 4. The normalized spacial score (nSPS) is 36.6. The number of hydrogen-bond donors (Lipinski definition) is 0. The second-order valence-corrected chi connectivity index (χ2v) is 6.83. The fourth-order valence-electron chi connectivity index (χ4n) is 4.01. The maximum Gasteiger partial charge on any atom is 0.232 e. The minimum atomic E-state index is -0.336. The summed E-state index contributed by atoms with van der Waals surface area (Å²) in [5.41, 5.74) is 0. The van der Waals surface area contributed by atoms with E-state index in [0.717, 1.165) is 12.8 Å². The lowest BCUT2D eigenvalue weighted by atomic mass is 9.88. The molecule has 3 aliphatic rings. The molecular weight excluding hydrogens is 284 g/mol. The summed E-state index contributed by atoms with van der Waals surface area (Å²) < 4.78 is 0. The molecule has 6 nitrogen and oxygen atoms in total. The average Bonchev–Trinajstić information content (AvgIpc) is 2.87. The quantitative estimate of drug-likeness (QED) is 0.716. The number of likely N-dealkylation sites (tertiary alicyclic amines) is 2. The first-order chi connectivity index (χ1) is 10.4. The van der Waals surface area contributed by atoms with E-state index in [-0.39, 0.29) is 60.4 Å². The number of imide groups is 2. The lowest BCUT2D eigenvalue weighted by molar-refractivity contribution is -0.152. The lowest BCUT2D eigenvalue weighted by Crippen LogP contribution is -2.56. The number of carbonyl (C=O) groups is 4. The molecule has 0 bridgehead atoms. The molecule has 1 aliphatic carbocycles. The van der Waals surface area contributed by atoms with E-state index in [4.69, 9.17) is 0 Å². The second kappa shape index (κ2) is 5.48. The third kappa shape index (κ3) is 2.25. The smallest absolute Gasteiger partial charge is 0.232 e. The predicted octanol–water partition coefficient (Wildman–Crippen LogP) is 1.09. The van der Waals surface area contributed by atoms with Crippen LogP contribution in [0.15, 0.2) is 0 Å². The van der Waals surface area contributed by atoms with Gasteiger partial charge in [0.1, 0.15) is 0 Å². The Kier molecular flexibility index (Phi) is 3.78. The van der Waals surface area contributed by atoms with Gasteiger partial charge in [0.25, 0.3) is 0 Å². The SMILES string of the molecule is CC1CC(=O)N(C2CCCCC2N2C(=O)CC(C)C2=O)C1=O. The van der Waals surface area contributed by atoms with E-state index in [9.17, 15) is 19.2 Å². The fraction of sp³-hybridized carbons (Fsp3) is 0.750. The highest BCUT2D eigenvalue weighted by molar-refractivity contribution is 6.05. The molecule has 22 heavy (non-hydrogen) atoms. The van der Waals surface area contributed by atoms with Crippen molar-refractivity contribution in [3.05, 3.63) is 0 Å². The first-order valence-corrected chi connectivity index (χ1v) is 8.13. The Hall–Kier alpha value is -1.72. The molecule has 2 aliphatic heterocycles. The van der Waals surface area contributed by atoms with Gasteiger partial charge in [-0.15, -0.1) is 0 Å². The Labute approximate surface area is 129 Å². The topological polar surface area (TPSA) is 74.8 Å². The zero-order valence-corrected chi connectivity index (χ0v) is 13.1. The molecule has 2 heterocycles. The van der Waals surface area contributed by atoms with Gasteiger partial charge in [-0.2, -0.15) is 0 Å². The molecule has 1 saturated carbocycles. The van der Waals surface area contributed by atoms with Gasteiger partial charge in [-0.3, -0.25) is 29.0 Å². The van der Waals surface area contributed by atoms with E-state index in [1.54, 1.807) is 13.8 Å². The van der Waals surface area contributed by atoms with Crippen LogP contribution in [0.25, 0.3) is 0 Å². The van der Waals surface area contributed by atoms with Crippen molar-refractivity contribution in [2.75, 3.05) is 0 Å². The van der Waals surface area contributed by atoms with Crippen molar-refractivity contribution in [1.29, 1.82) is 0 Å². The van der Waals surface area contributed by atoms with Crippen molar-refractivity contribution in [1.82, 2.24) is 9.80 Å². The number of amides is 4. The third-order valence-corrected chi connectivity index (χ3v) is 5.17. The maximum absolute atomic E-state index is 12.3. The van der Waals surface area contributed by atoms with Gasteiger partial charge in [-0.1, -0.05) is 26.7 Å². The van der Waals surface area contributed by atoms with Crippen molar-refractivity contribution < 1.29 is 19.2 Å². The molecule has 2 saturated heterocycles. The molecule has 0 radical (unpaired) electrons. The summed E-state index contributed by atoms with van der Waals surface area (Å²) >= 11 is 0. The van der Waals surface area contributed by atoms with Gasteiger partial charge in [-0.25, -0.2) is 0 Å². The minimum absolute atomic E-state index is 0.158. The van der Waals surface area contributed by atoms with Crippen LogP contribution >= 0.6 is 0 Å². The van der Waals surface area contributed by atoms with Crippen LogP contribution in [0.4, 0.5) is 0 Å². The molecule has 0 aromatic rings. The van der Waals surface area contributed by atoms with Crippen molar-refractivity contribution in [3.63, 3.8) is 0 Å². The Morgan fingerprint density at radius 1 is 0.727 bits per heavy atom. The standard InChI is InChI=1S/C16H22N2O4/c1-9-7-13(19)17(15(9)21)11-5-3-4-6-12(11)18-14(20)8-10(2)16(18)22/h9-12H,3-8H2,1-2H3. The van der Waals surface area contributed by atoms with Crippen LogP contribution in [0.2, 0.25) is 0 Å². The molecule has 6 heteroatoms. The molecule has 4 unspecified atom stereocenters. The van der Waals surface area contributed by atoms with Crippen LogP contribution in [0.5, 0.6) is 0 Å². The largest absolute Gasteiger partial charge is 0.277 e. The van der Waals surface area contributed by atoms with Gasteiger partial charge in [-0.05, 0) is 12.8 Å². The fourth-order valence-corrected chi connectivity index (χ4v) is 4.01. The van der Waals surface area contributed by atoms with Gasteiger partial charge < -0.3 is 0 Å². The van der Waals surface area contributed by atoms with E-state index >= 15 is 0 Å². The summed E-state index contributed by atoms with van der Waals surface area (Å²) in [6, 6.07) is -0.672.